The first kappa shape index (κ1) is 18.1. The lowest BCUT2D eigenvalue weighted by Crippen LogP contribution is -1.92. The number of oxazole rings is 1. The fourth-order valence-electron chi connectivity index (χ4n) is 3.55. The predicted octanol–water partition coefficient (Wildman–Crippen LogP) is 6.19. The summed E-state index contributed by atoms with van der Waals surface area (Å²) in [6, 6.07) is 18.2. The molecule has 0 atom stereocenters. The van der Waals surface area contributed by atoms with Crippen LogP contribution in [0.15, 0.2) is 59.0 Å². The van der Waals surface area contributed by atoms with E-state index in [-0.39, 0.29) is 0 Å². The number of methoxy groups -OCH3 is 1. The fraction of sp³-hybridized carbons (Fsp3) is 0.208. The third-order valence-corrected chi connectivity index (χ3v) is 4.78. The van der Waals surface area contributed by atoms with E-state index >= 15 is 0 Å². The Bertz CT molecular complexity index is 1120. The Morgan fingerprint density at radius 1 is 0.893 bits per heavy atom. The SMILES string of the molecule is CCOc1cccc(-c2nc3ccc(-c4cc(C)c(OC)c(C)c4)cc3o2)c1. The van der Waals surface area contributed by atoms with Crippen LogP contribution in [0.5, 0.6) is 11.5 Å². The lowest BCUT2D eigenvalue weighted by Gasteiger charge is -2.11. The standard InChI is InChI=1S/C24H23NO3/c1-5-27-20-8-6-7-18(13-20)24-25-21-10-9-17(14-22(21)28-24)19-11-15(2)23(26-4)16(3)12-19/h6-14H,5H2,1-4H3. The molecular formula is C24H23NO3. The van der Waals surface area contributed by atoms with Crippen molar-refractivity contribution in [3.63, 3.8) is 0 Å². The van der Waals surface area contributed by atoms with E-state index in [1.165, 1.54) is 0 Å². The van der Waals surface area contributed by atoms with Crippen molar-refractivity contribution >= 4 is 11.1 Å². The number of fused-ring (bicyclic) bond motifs is 1. The first-order valence-corrected chi connectivity index (χ1v) is 9.38. The van der Waals surface area contributed by atoms with E-state index in [1.54, 1.807) is 7.11 Å². The van der Waals surface area contributed by atoms with Gasteiger partial charge in [-0.1, -0.05) is 12.1 Å². The summed E-state index contributed by atoms with van der Waals surface area (Å²) in [5.41, 5.74) is 6.95. The number of hydrogen-bond donors (Lipinski definition) is 0. The van der Waals surface area contributed by atoms with Crippen molar-refractivity contribution in [3.05, 3.63) is 65.7 Å². The summed E-state index contributed by atoms with van der Waals surface area (Å²) in [5.74, 6) is 2.34. The van der Waals surface area contributed by atoms with E-state index < -0.39 is 0 Å². The van der Waals surface area contributed by atoms with Gasteiger partial charge in [0.1, 0.15) is 17.0 Å². The molecule has 1 aromatic heterocycles. The topological polar surface area (TPSA) is 44.5 Å². The second-order valence-electron chi connectivity index (χ2n) is 6.81. The molecule has 4 aromatic rings. The first-order chi connectivity index (χ1) is 13.6. The van der Waals surface area contributed by atoms with Gasteiger partial charge in [0.15, 0.2) is 5.58 Å². The zero-order valence-electron chi connectivity index (χ0n) is 16.6. The van der Waals surface area contributed by atoms with Gasteiger partial charge in [0, 0.05) is 5.56 Å². The molecule has 0 bridgehead atoms. The zero-order valence-corrected chi connectivity index (χ0v) is 16.6. The number of aromatic nitrogens is 1. The number of nitrogens with zero attached hydrogens (tertiary/aromatic N) is 1. The van der Waals surface area contributed by atoms with E-state index in [4.69, 9.17) is 13.9 Å². The van der Waals surface area contributed by atoms with Crippen LogP contribution in [0.25, 0.3) is 33.7 Å². The Balaban J connectivity index is 1.74. The molecule has 0 unspecified atom stereocenters. The monoisotopic (exact) mass is 373 g/mol. The van der Waals surface area contributed by atoms with Crippen LogP contribution in [0.3, 0.4) is 0 Å². The van der Waals surface area contributed by atoms with Gasteiger partial charge in [-0.25, -0.2) is 4.98 Å². The molecule has 4 rings (SSSR count). The van der Waals surface area contributed by atoms with E-state index in [9.17, 15) is 0 Å². The summed E-state index contributed by atoms with van der Waals surface area (Å²) in [7, 11) is 1.71. The summed E-state index contributed by atoms with van der Waals surface area (Å²) in [6.07, 6.45) is 0. The van der Waals surface area contributed by atoms with Gasteiger partial charge in [-0.2, -0.15) is 0 Å². The molecular weight excluding hydrogens is 350 g/mol. The maximum Gasteiger partial charge on any atom is 0.227 e. The van der Waals surface area contributed by atoms with Crippen LogP contribution in [0, 0.1) is 13.8 Å². The number of hydrogen-bond acceptors (Lipinski definition) is 4. The van der Waals surface area contributed by atoms with Crippen molar-refractivity contribution in [2.75, 3.05) is 13.7 Å². The maximum atomic E-state index is 6.06. The number of benzene rings is 3. The Labute approximate surface area is 164 Å². The number of ether oxygens (including phenoxy) is 2. The number of rotatable bonds is 5. The van der Waals surface area contributed by atoms with E-state index in [2.05, 4.69) is 37.0 Å². The fourth-order valence-corrected chi connectivity index (χ4v) is 3.55. The Morgan fingerprint density at radius 3 is 2.39 bits per heavy atom. The van der Waals surface area contributed by atoms with Gasteiger partial charge in [0.25, 0.3) is 0 Å². The molecule has 142 valence electrons. The highest BCUT2D eigenvalue weighted by Gasteiger charge is 2.12. The molecule has 0 saturated carbocycles. The van der Waals surface area contributed by atoms with Crippen LogP contribution in [-0.4, -0.2) is 18.7 Å². The second-order valence-corrected chi connectivity index (χ2v) is 6.81. The largest absolute Gasteiger partial charge is 0.496 e. The highest BCUT2D eigenvalue weighted by molar-refractivity contribution is 5.82. The molecule has 28 heavy (non-hydrogen) atoms. The first-order valence-electron chi connectivity index (χ1n) is 9.38. The van der Waals surface area contributed by atoms with Crippen LogP contribution in [0.1, 0.15) is 18.1 Å². The van der Waals surface area contributed by atoms with Crippen molar-refractivity contribution in [2.24, 2.45) is 0 Å². The minimum atomic E-state index is 0.593. The summed E-state index contributed by atoms with van der Waals surface area (Å²) in [4.78, 5) is 4.64. The van der Waals surface area contributed by atoms with Crippen molar-refractivity contribution in [2.45, 2.75) is 20.8 Å². The van der Waals surface area contributed by atoms with E-state index in [0.717, 1.165) is 50.4 Å². The third kappa shape index (κ3) is 3.33. The molecule has 0 fully saturated rings. The predicted molar refractivity (Wildman–Crippen MR) is 112 cm³/mol. The van der Waals surface area contributed by atoms with Crippen LogP contribution in [0.2, 0.25) is 0 Å². The molecule has 0 radical (unpaired) electrons. The molecule has 0 aliphatic rings. The molecule has 0 N–H and O–H groups in total. The zero-order chi connectivity index (χ0) is 19.7. The Morgan fingerprint density at radius 2 is 1.68 bits per heavy atom. The van der Waals surface area contributed by atoms with Gasteiger partial charge < -0.3 is 13.9 Å². The lowest BCUT2D eigenvalue weighted by molar-refractivity contribution is 0.340. The van der Waals surface area contributed by atoms with Gasteiger partial charge in [0.2, 0.25) is 5.89 Å². The highest BCUT2D eigenvalue weighted by atomic mass is 16.5. The molecule has 4 heteroatoms. The average molecular weight is 373 g/mol. The second kappa shape index (κ2) is 7.39. The van der Waals surface area contributed by atoms with Crippen LogP contribution in [-0.2, 0) is 0 Å². The van der Waals surface area contributed by atoms with Crippen LogP contribution >= 0.6 is 0 Å². The van der Waals surface area contributed by atoms with Gasteiger partial charge in [-0.15, -0.1) is 0 Å². The van der Waals surface area contributed by atoms with Crippen molar-refractivity contribution in [1.29, 1.82) is 0 Å². The molecule has 0 aliphatic heterocycles. The summed E-state index contributed by atoms with van der Waals surface area (Å²) < 4.78 is 17.1. The molecule has 0 amide bonds. The molecule has 0 saturated heterocycles. The van der Waals surface area contributed by atoms with E-state index in [1.807, 2.05) is 43.3 Å². The van der Waals surface area contributed by atoms with Crippen molar-refractivity contribution in [3.8, 4) is 34.1 Å². The van der Waals surface area contributed by atoms with Gasteiger partial charge in [0.05, 0.1) is 13.7 Å². The minimum absolute atomic E-state index is 0.593. The molecule has 0 spiro atoms. The highest BCUT2D eigenvalue weighted by Crippen LogP contribution is 2.33. The average Bonchev–Trinajstić information content (AvgIpc) is 3.11. The summed E-state index contributed by atoms with van der Waals surface area (Å²) in [6.45, 7) is 6.72. The maximum absolute atomic E-state index is 6.06. The molecule has 1 heterocycles. The Hall–Kier alpha value is -3.27. The normalized spacial score (nSPS) is 11.0. The molecule has 0 aliphatic carbocycles. The minimum Gasteiger partial charge on any atom is -0.496 e. The van der Waals surface area contributed by atoms with Crippen molar-refractivity contribution in [1.82, 2.24) is 4.98 Å². The van der Waals surface area contributed by atoms with Gasteiger partial charge in [-0.05, 0) is 85.5 Å². The Kier molecular flexibility index (Phi) is 4.78. The number of aryl methyl sites for hydroxylation is 2. The van der Waals surface area contributed by atoms with Gasteiger partial charge >= 0.3 is 0 Å². The lowest BCUT2D eigenvalue weighted by atomic mass is 9.99. The third-order valence-electron chi connectivity index (χ3n) is 4.78. The summed E-state index contributed by atoms with van der Waals surface area (Å²) >= 11 is 0. The van der Waals surface area contributed by atoms with Crippen LogP contribution < -0.4 is 9.47 Å². The molecule has 4 nitrogen and oxygen atoms in total. The molecule has 3 aromatic carbocycles. The van der Waals surface area contributed by atoms with Crippen molar-refractivity contribution < 1.29 is 13.9 Å². The van der Waals surface area contributed by atoms with Crippen LogP contribution in [0.4, 0.5) is 0 Å². The van der Waals surface area contributed by atoms with Gasteiger partial charge in [-0.3, -0.25) is 0 Å². The quantitative estimate of drug-likeness (QED) is 0.419. The van der Waals surface area contributed by atoms with E-state index in [0.29, 0.717) is 12.5 Å². The smallest absolute Gasteiger partial charge is 0.227 e. The summed E-state index contributed by atoms with van der Waals surface area (Å²) in [5, 5.41) is 0.